The summed E-state index contributed by atoms with van der Waals surface area (Å²) < 4.78 is 28.5. The van der Waals surface area contributed by atoms with Crippen molar-refractivity contribution < 1.29 is 18.4 Å². The molecule has 0 aromatic heterocycles. The van der Waals surface area contributed by atoms with Crippen molar-refractivity contribution >= 4 is 23.4 Å². The van der Waals surface area contributed by atoms with Gasteiger partial charge in [-0.05, 0) is 67.3 Å². The minimum Gasteiger partial charge on any atom is -0.345 e. The molecule has 2 aliphatic heterocycles. The van der Waals surface area contributed by atoms with Crippen molar-refractivity contribution in [3.63, 3.8) is 0 Å². The van der Waals surface area contributed by atoms with E-state index in [1.54, 1.807) is 12.1 Å². The molecule has 1 fully saturated rings. The molecule has 41 heavy (non-hydrogen) atoms. The number of carbonyl (C=O) groups is 2. The first kappa shape index (κ1) is 28.7. The Balaban J connectivity index is 1.48. The lowest BCUT2D eigenvalue weighted by atomic mass is 9.75. The molecule has 2 heterocycles. The van der Waals surface area contributed by atoms with Crippen LogP contribution in [0.15, 0.2) is 52.6 Å². The van der Waals surface area contributed by atoms with E-state index in [0.717, 1.165) is 30.9 Å². The van der Waals surface area contributed by atoms with Crippen LogP contribution in [-0.4, -0.2) is 40.5 Å². The first-order chi connectivity index (χ1) is 19.7. The van der Waals surface area contributed by atoms with E-state index in [1.165, 1.54) is 12.1 Å². The monoisotopic (exact) mass is 565 g/mol. The fraction of sp³-hybridized carbons (Fsp3) is 0.467. The second kappa shape index (κ2) is 11.9. The molecular weight excluding hydrogens is 528 g/mol. The molecular formula is C30H37F2N7O2. The van der Waals surface area contributed by atoms with Gasteiger partial charge in [-0.2, -0.15) is 0 Å². The van der Waals surface area contributed by atoms with Crippen LogP contribution >= 0.6 is 0 Å². The fourth-order valence-electron chi connectivity index (χ4n) is 6.54. The molecule has 1 aliphatic carbocycles. The maximum absolute atomic E-state index is 14.2. The number of hydrogen-bond donors (Lipinski definition) is 4. The zero-order valence-electron chi connectivity index (χ0n) is 23.6. The van der Waals surface area contributed by atoms with E-state index >= 15 is 0 Å². The molecule has 0 radical (unpaired) electrons. The van der Waals surface area contributed by atoms with Gasteiger partial charge in [0.15, 0.2) is 5.84 Å². The van der Waals surface area contributed by atoms with E-state index in [-0.39, 0.29) is 35.7 Å². The van der Waals surface area contributed by atoms with Crippen LogP contribution < -0.4 is 21.8 Å². The van der Waals surface area contributed by atoms with E-state index in [0.29, 0.717) is 42.5 Å². The standard InChI is InChI=1S/C30H37F2N7O2/c1-4-5-6-25(20-7-9-21(10-8-20)28(40)33-17-26-35-37-38-36-26)39-29(41)27(22-12-23(31)14-24(32)13-22)34-30(39)15-18(2)11-19(3)16-30/h7-10,12-14,18-19,25,37-38H,4-6,11,15-17H2,1-3H3,(H,33,40)(H,35,36)/t18?,19?,25-,30?/m1/s1. The third-order valence-corrected chi connectivity index (χ3v) is 8.05. The Morgan fingerprint density at radius 2 is 1.80 bits per heavy atom. The summed E-state index contributed by atoms with van der Waals surface area (Å²) >= 11 is 0. The highest BCUT2D eigenvalue weighted by Crippen LogP contribution is 2.48. The number of nitrogens with zero attached hydrogens (tertiary/aromatic N) is 3. The van der Waals surface area contributed by atoms with Crippen molar-refractivity contribution in [1.29, 1.82) is 0 Å². The summed E-state index contributed by atoms with van der Waals surface area (Å²) in [5, 5.41) is 6.77. The van der Waals surface area contributed by atoms with Gasteiger partial charge in [0.1, 0.15) is 23.0 Å². The van der Waals surface area contributed by atoms with Crippen LogP contribution in [0.4, 0.5) is 8.78 Å². The third-order valence-electron chi connectivity index (χ3n) is 8.05. The van der Waals surface area contributed by atoms with E-state index in [9.17, 15) is 18.4 Å². The lowest BCUT2D eigenvalue weighted by Crippen LogP contribution is -2.52. The zero-order valence-corrected chi connectivity index (χ0v) is 23.6. The molecule has 5 rings (SSSR count). The van der Waals surface area contributed by atoms with Crippen molar-refractivity contribution in [2.45, 2.75) is 71.0 Å². The SMILES string of the molecule is CCCC[C@H](c1ccc(C(=O)NCC2=NNNN2)cc1)N1C(=O)C(c2cc(F)cc(F)c2)=NC12CC(C)CC(C)C2. The molecule has 1 spiro atoms. The largest absolute Gasteiger partial charge is 0.345 e. The summed E-state index contributed by atoms with van der Waals surface area (Å²) in [6.45, 7) is 6.66. The van der Waals surface area contributed by atoms with Crippen LogP contribution in [0.1, 0.15) is 86.8 Å². The fourth-order valence-corrected chi connectivity index (χ4v) is 6.54. The molecule has 2 aromatic carbocycles. The molecule has 218 valence electrons. The number of amides is 2. The number of amidine groups is 1. The van der Waals surface area contributed by atoms with Gasteiger partial charge < -0.3 is 10.2 Å². The van der Waals surface area contributed by atoms with E-state index in [4.69, 9.17) is 4.99 Å². The molecule has 11 heteroatoms. The Labute approximate surface area is 238 Å². The normalized spacial score (nSPS) is 24.5. The van der Waals surface area contributed by atoms with Crippen molar-refractivity contribution in [3.05, 3.63) is 70.8 Å². The summed E-state index contributed by atoms with van der Waals surface area (Å²) in [6, 6.07) is 10.1. The molecule has 1 saturated carbocycles. The highest BCUT2D eigenvalue weighted by atomic mass is 19.1. The average Bonchev–Trinajstić information content (AvgIpc) is 3.53. The van der Waals surface area contributed by atoms with Crippen LogP contribution in [0.5, 0.6) is 0 Å². The number of nitrogens with one attached hydrogen (secondary N) is 4. The van der Waals surface area contributed by atoms with Crippen LogP contribution in [0, 0.1) is 23.5 Å². The van der Waals surface area contributed by atoms with Crippen LogP contribution in [-0.2, 0) is 4.79 Å². The third kappa shape index (κ3) is 6.09. The van der Waals surface area contributed by atoms with Crippen LogP contribution in [0.2, 0.25) is 0 Å². The summed E-state index contributed by atoms with van der Waals surface area (Å²) in [5.41, 5.74) is 8.79. The molecule has 0 bridgehead atoms. The van der Waals surface area contributed by atoms with Gasteiger partial charge in [0.25, 0.3) is 11.8 Å². The van der Waals surface area contributed by atoms with Crippen LogP contribution in [0.3, 0.4) is 0 Å². The smallest absolute Gasteiger partial charge is 0.275 e. The minimum atomic E-state index is -0.808. The number of carbonyl (C=O) groups excluding carboxylic acids is 2. The van der Waals surface area contributed by atoms with E-state index in [2.05, 4.69) is 47.7 Å². The Morgan fingerprint density at radius 1 is 1.12 bits per heavy atom. The van der Waals surface area contributed by atoms with Gasteiger partial charge in [0, 0.05) is 17.2 Å². The molecule has 9 nitrogen and oxygen atoms in total. The second-order valence-corrected chi connectivity index (χ2v) is 11.5. The van der Waals surface area contributed by atoms with Crippen molar-refractivity contribution in [2.24, 2.45) is 21.9 Å². The summed E-state index contributed by atoms with van der Waals surface area (Å²) in [5.74, 6) is -0.849. The minimum absolute atomic E-state index is 0.106. The van der Waals surface area contributed by atoms with Gasteiger partial charge in [-0.15, -0.1) is 10.6 Å². The number of hydrazine groups is 2. The first-order valence-corrected chi connectivity index (χ1v) is 14.3. The summed E-state index contributed by atoms with van der Waals surface area (Å²) in [4.78, 5) is 33.9. The number of benzene rings is 2. The predicted octanol–water partition coefficient (Wildman–Crippen LogP) is 4.34. The van der Waals surface area contributed by atoms with Gasteiger partial charge >= 0.3 is 0 Å². The Kier molecular flexibility index (Phi) is 8.35. The van der Waals surface area contributed by atoms with Crippen molar-refractivity contribution in [1.82, 2.24) is 26.7 Å². The average molecular weight is 566 g/mol. The Bertz CT molecular complexity index is 1330. The topological polar surface area (TPSA) is 110 Å². The second-order valence-electron chi connectivity index (χ2n) is 11.5. The van der Waals surface area contributed by atoms with E-state index in [1.807, 2.05) is 17.0 Å². The molecule has 3 atom stereocenters. The van der Waals surface area contributed by atoms with Gasteiger partial charge in [0.2, 0.25) is 0 Å². The maximum atomic E-state index is 14.2. The Morgan fingerprint density at radius 3 is 2.41 bits per heavy atom. The number of unbranched alkanes of at least 4 members (excludes halogenated alkanes) is 1. The van der Waals surface area contributed by atoms with E-state index < -0.39 is 17.3 Å². The van der Waals surface area contributed by atoms with Gasteiger partial charge in [0.05, 0.1) is 12.6 Å². The van der Waals surface area contributed by atoms with Crippen molar-refractivity contribution in [2.75, 3.05) is 6.54 Å². The maximum Gasteiger partial charge on any atom is 0.275 e. The summed E-state index contributed by atoms with van der Waals surface area (Å²) in [6.07, 6.45) is 4.89. The highest BCUT2D eigenvalue weighted by Gasteiger charge is 2.53. The molecule has 2 unspecified atom stereocenters. The van der Waals surface area contributed by atoms with Crippen molar-refractivity contribution in [3.8, 4) is 0 Å². The lowest BCUT2D eigenvalue weighted by Gasteiger charge is -2.47. The van der Waals surface area contributed by atoms with Gasteiger partial charge in [-0.25, -0.2) is 14.3 Å². The van der Waals surface area contributed by atoms with Gasteiger partial charge in [-0.3, -0.25) is 20.0 Å². The molecule has 4 N–H and O–H groups in total. The number of halogens is 2. The van der Waals surface area contributed by atoms with Gasteiger partial charge in [-0.1, -0.05) is 45.7 Å². The van der Waals surface area contributed by atoms with Crippen LogP contribution in [0.25, 0.3) is 0 Å². The predicted molar refractivity (Wildman–Crippen MR) is 153 cm³/mol. The molecule has 3 aliphatic rings. The number of hydrazone groups is 1. The first-order valence-electron chi connectivity index (χ1n) is 14.3. The summed E-state index contributed by atoms with van der Waals surface area (Å²) in [7, 11) is 0. The zero-order chi connectivity index (χ0) is 29.1. The molecule has 2 amide bonds. The lowest BCUT2D eigenvalue weighted by molar-refractivity contribution is -0.134. The number of hydrogen-bond acceptors (Lipinski definition) is 7. The Hall–Kier alpha value is -3.86. The molecule has 2 aromatic rings. The number of rotatable bonds is 9. The number of aliphatic imine (C=N–C) groups is 1. The highest BCUT2D eigenvalue weighted by molar-refractivity contribution is 6.46. The quantitative estimate of drug-likeness (QED) is 0.362. The molecule has 0 saturated heterocycles.